The zero-order valence-electron chi connectivity index (χ0n) is 10.5. The van der Waals surface area contributed by atoms with Crippen LogP contribution in [0.5, 0.6) is 0 Å². The number of nitrogens with zero attached hydrogens (tertiary/aromatic N) is 1. The molecule has 1 unspecified atom stereocenters. The second-order valence-corrected chi connectivity index (χ2v) is 5.17. The summed E-state index contributed by atoms with van der Waals surface area (Å²) in [6.07, 6.45) is 4.33. The van der Waals surface area contributed by atoms with Crippen molar-refractivity contribution in [3.05, 3.63) is 23.4 Å². The molecule has 0 aromatic carbocycles. The lowest BCUT2D eigenvalue weighted by molar-refractivity contribution is -0.126. The van der Waals surface area contributed by atoms with Gasteiger partial charge in [-0.15, -0.1) is 0 Å². The topological polar surface area (TPSA) is 54.0 Å². The average molecular weight is 268 g/mol. The van der Waals surface area contributed by atoms with Crippen molar-refractivity contribution < 1.29 is 4.79 Å². The molecule has 1 aliphatic rings. The van der Waals surface area contributed by atoms with Crippen molar-refractivity contribution in [1.29, 1.82) is 0 Å². The molecule has 0 spiro atoms. The minimum Gasteiger partial charge on any atom is -0.316 e. The van der Waals surface area contributed by atoms with Gasteiger partial charge in [-0.25, -0.2) is 4.98 Å². The van der Waals surface area contributed by atoms with Gasteiger partial charge in [0.1, 0.15) is 5.82 Å². The SMILES string of the molecule is CCC1(C(=O)Nc2ccc(Cl)cn2)CCCNC1. The van der Waals surface area contributed by atoms with Crippen molar-refractivity contribution >= 4 is 23.3 Å². The highest BCUT2D eigenvalue weighted by Gasteiger charge is 2.37. The van der Waals surface area contributed by atoms with Crippen LogP contribution in [0.1, 0.15) is 26.2 Å². The lowest BCUT2D eigenvalue weighted by Gasteiger charge is -2.35. The molecule has 0 aliphatic carbocycles. The summed E-state index contributed by atoms with van der Waals surface area (Å²) in [5.74, 6) is 0.606. The number of piperidine rings is 1. The van der Waals surface area contributed by atoms with Crippen molar-refractivity contribution in [1.82, 2.24) is 10.3 Å². The highest BCUT2D eigenvalue weighted by molar-refractivity contribution is 6.30. The number of aromatic nitrogens is 1. The summed E-state index contributed by atoms with van der Waals surface area (Å²) in [5, 5.41) is 6.75. The van der Waals surface area contributed by atoms with Crippen molar-refractivity contribution in [3.63, 3.8) is 0 Å². The van der Waals surface area contributed by atoms with E-state index in [1.54, 1.807) is 12.1 Å². The van der Waals surface area contributed by atoms with Gasteiger partial charge in [-0.05, 0) is 37.9 Å². The number of amides is 1. The Bertz CT molecular complexity index is 413. The van der Waals surface area contributed by atoms with Crippen LogP contribution < -0.4 is 10.6 Å². The van der Waals surface area contributed by atoms with E-state index in [1.807, 2.05) is 0 Å². The maximum atomic E-state index is 12.4. The molecule has 1 atom stereocenters. The van der Waals surface area contributed by atoms with Crippen LogP contribution in [0.3, 0.4) is 0 Å². The van der Waals surface area contributed by atoms with Crippen LogP contribution in [0.25, 0.3) is 0 Å². The Hall–Kier alpha value is -1.13. The third-order valence-electron chi connectivity index (χ3n) is 3.60. The van der Waals surface area contributed by atoms with Crippen molar-refractivity contribution in [2.45, 2.75) is 26.2 Å². The number of pyridine rings is 1. The van der Waals surface area contributed by atoms with E-state index < -0.39 is 0 Å². The van der Waals surface area contributed by atoms with E-state index in [4.69, 9.17) is 11.6 Å². The summed E-state index contributed by atoms with van der Waals surface area (Å²) in [6.45, 7) is 3.79. The van der Waals surface area contributed by atoms with Crippen molar-refractivity contribution in [3.8, 4) is 0 Å². The third-order valence-corrected chi connectivity index (χ3v) is 3.82. The fourth-order valence-electron chi connectivity index (χ4n) is 2.32. The molecule has 1 aliphatic heterocycles. The molecule has 18 heavy (non-hydrogen) atoms. The third kappa shape index (κ3) is 2.82. The molecule has 2 rings (SSSR count). The number of halogens is 1. The first-order valence-corrected chi connectivity index (χ1v) is 6.68. The molecule has 1 aromatic rings. The summed E-state index contributed by atoms with van der Waals surface area (Å²) >= 11 is 5.77. The van der Waals surface area contributed by atoms with Gasteiger partial charge in [0.2, 0.25) is 5.91 Å². The van der Waals surface area contributed by atoms with Crippen LogP contribution >= 0.6 is 11.6 Å². The normalized spacial score (nSPS) is 23.7. The summed E-state index contributed by atoms with van der Waals surface area (Å²) in [6, 6.07) is 3.45. The standard InChI is InChI=1S/C13H18ClN3O/c1-2-13(6-3-7-15-9-13)12(18)17-11-5-4-10(14)8-16-11/h4-5,8,15H,2-3,6-7,9H2,1H3,(H,16,17,18). The molecule has 1 aromatic heterocycles. The molecule has 98 valence electrons. The lowest BCUT2D eigenvalue weighted by atomic mass is 9.77. The van der Waals surface area contributed by atoms with Crippen LogP contribution in [0.2, 0.25) is 5.02 Å². The highest BCUT2D eigenvalue weighted by Crippen LogP contribution is 2.31. The van der Waals surface area contributed by atoms with Gasteiger partial charge < -0.3 is 10.6 Å². The monoisotopic (exact) mass is 267 g/mol. The fourth-order valence-corrected chi connectivity index (χ4v) is 2.43. The minimum absolute atomic E-state index is 0.0482. The smallest absolute Gasteiger partial charge is 0.233 e. The van der Waals surface area contributed by atoms with E-state index >= 15 is 0 Å². The quantitative estimate of drug-likeness (QED) is 0.885. The number of hydrogen-bond acceptors (Lipinski definition) is 3. The Kier molecular flexibility index (Phi) is 4.19. The van der Waals surface area contributed by atoms with Crippen LogP contribution in [-0.2, 0) is 4.79 Å². The Morgan fingerprint density at radius 3 is 3.00 bits per heavy atom. The van der Waals surface area contributed by atoms with Gasteiger partial charge in [-0.2, -0.15) is 0 Å². The van der Waals surface area contributed by atoms with E-state index in [0.29, 0.717) is 10.8 Å². The molecule has 5 heteroatoms. The molecule has 4 nitrogen and oxygen atoms in total. The number of hydrogen-bond donors (Lipinski definition) is 2. The molecule has 1 amide bonds. The average Bonchev–Trinajstić information content (AvgIpc) is 2.42. The predicted molar refractivity (Wildman–Crippen MR) is 72.7 cm³/mol. The molecular formula is C13H18ClN3O. The first kappa shape index (κ1) is 13.3. The maximum Gasteiger partial charge on any atom is 0.233 e. The van der Waals surface area contributed by atoms with E-state index in [9.17, 15) is 4.79 Å². The number of rotatable bonds is 3. The second kappa shape index (κ2) is 5.67. The largest absolute Gasteiger partial charge is 0.316 e. The second-order valence-electron chi connectivity index (χ2n) is 4.73. The molecular weight excluding hydrogens is 250 g/mol. The Labute approximate surface area is 112 Å². The van der Waals surface area contributed by atoms with E-state index in [1.165, 1.54) is 6.20 Å². The number of carbonyl (C=O) groups excluding carboxylic acids is 1. The number of anilines is 1. The predicted octanol–water partition coefficient (Wildman–Crippen LogP) is 2.45. The van der Waals surface area contributed by atoms with Crippen LogP contribution in [0, 0.1) is 5.41 Å². The number of carbonyl (C=O) groups is 1. The van der Waals surface area contributed by atoms with Crippen LogP contribution in [0.15, 0.2) is 18.3 Å². The summed E-state index contributed by atoms with van der Waals surface area (Å²) in [4.78, 5) is 16.5. The Morgan fingerprint density at radius 2 is 2.44 bits per heavy atom. The molecule has 1 saturated heterocycles. The lowest BCUT2D eigenvalue weighted by Crippen LogP contribution is -2.47. The van der Waals surface area contributed by atoms with Gasteiger partial charge in [-0.1, -0.05) is 18.5 Å². The molecule has 1 fully saturated rings. The minimum atomic E-state index is -0.306. The van der Waals surface area contributed by atoms with Gasteiger partial charge in [0.25, 0.3) is 0 Å². The Morgan fingerprint density at radius 1 is 1.61 bits per heavy atom. The first-order valence-electron chi connectivity index (χ1n) is 6.30. The first-order chi connectivity index (χ1) is 8.66. The molecule has 0 bridgehead atoms. The molecule has 2 heterocycles. The molecule has 0 saturated carbocycles. The molecule has 0 radical (unpaired) electrons. The maximum absolute atomic E-state index is 12.4. The fraction of sp³-hybridized carbons (Fsp3) is 0.538. The van der Waals surface area contributed by atoms with Gasteiger partial charge >= 0.3 is 0 Å². The summed E-state index contributed by atoms with van der Waals surface area (Å²) in [5.41, 5.74) is -0.306. The van der Waals surface area contributed by atoms with Crippen molar-refractivity contribution in [2.75, 3.05) is 18.4 Å². The van der Waals surface area contributed by atoms with Gasteiger partial charge in [0.05, 0.1) is 10.4 Å². The van der Waals surface area contributed by atoms with Crippen LogP contribution in [-0.4, -0.2) is 24.0 Å². The van der Waals surface area contributed by atoms with E-state index in [0.717, 1.165) is 32.4 Å². The highest BCUT2D eigenvalue weighted by atomic mass is 35.5. The van der Waals surface area contributed by atoms with Gasteiger partial charge in [0, 0.05) is 12.7 Å². The van der Waals surface area contributed by atoms with Crippen molar-refractivity contribution in [2.24, 2.45) is 5.41 Å². The summed E-state index contributed by atoms with van der Waals surface area (Å²) in [7, 11) is 0. The van der Waals surface area contributed by atoms with E-state index in [-0.39, 0.29) is 11.3 Å². The van der Waals surface area contributed by atoms with E-state index in [2.05, 4.69) is 22.5 Å². The van der Waals surface area contributed by atoms with Crippen LogP contribution in [0.4, 0.5) is 5.82 Å². The number of nitrogens with one attached hydrogen (secondary N) is 2. The zero-order chi connectivity index (χ0) is 13.0. The molecule has 2 N–H and O–H groups in total. The Balaban J connectivity index is 2.07. The van der Waals surface area contributed by atoms with Gasteiger partial charge in [0.15, 0.2) is 0 Å². The van der Waals surface area contributed by atoms with Gasteiger partial charge in [-0.3, -0.25) is 4.79 Å². The zero-order valence-corrected chi connectivity index (χ0v) is 11.3. The summed E-state index contributed by atoms with van der Waals surface area (Å²) < 4.78 is 0.